The maximum absolute atomic E-state index is 12.1. The van der Waals surface area contributed by atoms with Gasteiger partial charge in [-0.2, -0.15) is 0 Å². The first-order valence-corrected chi connectivity index (χ1v) is 62.0. The molecule has 0 atom stereocenters. The molecule has 126 heavy (non-hydrogen) atoms. The van der Waals surface area contributed by atoms with E-state index in [-0.39, 0.29) is 69.8 Å². The predicted octanol–water partition coefficient (Wildman–Crippen LogP) is -0.391. The van der Waals surface area contributed by atoms with Crippen LogP contribution in [0.4, 0.5) is 69.6 Å². The molecule has 0 aliphatic carbocycles. The van der Waals surface area contributed by atoms with Crippen molar-refractivity contribution in [3.05, 3.63) is 361 Å². The summed E-state index contributed by atoms with van der Waals surface area (Å²) >= 11 is 0.600. The Morgan fingerprint density at radius 1 is 0.127 bits per heavy atom. The van der Waals surface area contributed by atoms with Crippen molar-refractivity contribution < 1.29 is 128 Å². The third kappa shape index (κ3) is 127. The molecule has 0 radical (unpaired) electrons. The molecular formula is C72H72F18O18S12Sb6. The zero-order valence-corrected chi connectivity index (χ0v) is 89.9. The zero-order chi connectivity index (χ0) is 98.8. The van der Waals surface area contributed by atoms with Crippen LogP contribution in [-0.4, -0.2) is 121 Å². The van der Waals surface area contributed by atoms with E-state index in [1.807, 2.05) is 0 Å². The Kier molecular flexibility index (Phi) is 80.7. The van der Waals surface area contributed by atoms with Crippen molar-refractivity contribution in [1.29, 1.82) is 0 Å². The Hall–Kier alpha value is -3.19. The Bertz CT molecular complexity index is 3710. The molecule has 0 heterocycles. The van der Waals surface area contributed by atoms with Gasteiger partial charge in [0, 0.05) is 0 Å². The van der Waals surface area contributed by atoms with E-state index in [9.17, 15) is 69.6 Å². The molecule has 12 aromatic carbocycles. The summed E-state index contributed by atoms with van der Waals surface area (Å²) in [7, 11) is 0. The van der Waals surface area contributed by atoms with Crippen molar-refractivity contribution in [2.24, 2.45) is 0 Å². The molecule has 12 rings (SSSR count). The van der Waals surface area contributed by atoms with Gasteiger partial charge in [0.2, 0.25) is 0 Å². The summed E-state index contributed by atoms with van der Waals surface area (Å²) in [5, 5.41) is 0. The van der Waals surface area contributed by atoms with Gasteiger partial charge in [0.05, 0.1) is 0 Å². The number of rotatable bonds is 0. The fourth-order valence-electron chi connectivity index (χ4n) is 5.40. The van der Waals surface area contributed by atoms with Crippen molar-refractivity contribution in [3.8, 4) is 0 Å². The number of halogens is 18. The SMILES string of the molecule is Fc1ccc([SH2+])cc1.Fc1ccc([SH2+])cc1.Fc1ccc([SH2+])cc1.Fc1ccc([SH2+])cc1.Fc1ccc([SH2+])cc1.Fc1ccc([SH2+])cc1.Fc1ccc([SH2+])cc1.Fc1ccc([SH2+])cc1.Fc1ccc([SH2+])cc1.Fc1ccc([SH2+])cc1.Fc1ccc([SH2+])cc1.Fc1ccc([SH2+])cc1.[O]=[Sb]([O-])([O-])[F].[O]=[Sb]([O-])([O-])[F].[O]=[Sb]([O-])([O-])[F].[O]=[Sb]([O-])([O-])[F].[O]=[Sb]([O-])([O-])[F].[O]=[Sb]([O-])([O-])[F]. The predicted molar refractivity (Wildman–Crippen MR) is 463 cm³/mol. The molecule has 18 nitrogen and oxygen atoms in total. The van der Waals surface area contributed by atoms with Crippen molar-refractivity contribution in [2.45, 2.75) is 58.7 Å². The van der Waals surface area contributed by atoms with Crippen LogP contribution in [0, 0.1) is 69.8 Å². The van der Waals surface area contributed by atoms with Crippen LogP contribution in [0.5, 0.6) is 0 Å². The average Bonchev–Trinajstić information content (AvgIpc) is 1.01. The normalized spacial score (nSPS) is 9.86. The van der Waals surface area contributed by atoms with Crippen molar-refractivity contribution in [3.63, 3.8) is 0 Å². The number of hydrogen-bond acceptors (Lipinski definition) is 18. The summed E-state index contributed by atoms with van der Waals surface area (Å²) in [6.45, 7) is 0. The van der Waals surface area contributed by atoms with E-state index in [1.54, 1.807) is 146 Å². The first-order valence-electron chi connectivity index (χ1n) is 31.4. The van der Waals surface area contributed by atoms with Gasteiger partial charge >= 0.3 is 197 Å². The Morgan fingerprint density at radius 3 is 0.183 bits per heavy atom. The van der Waals surface area contributed by atoms with Gasteiger partial charge in [0.15, 0.2) is 58.7 Å². The molecule has 0 bridgehead atoms. The topological polar surface area (TPSA) is 379 Å². The summed E-state index contributed by atoms with van der Waals surface area (Å²) < 4.78 is 360. The van der Waals surface area contributed by atoms with Crippen LogP contribution in [0.1, 0.15) is 0 Å². The third-order valence-electron chi connectivity index (χ3n) is 10.1. The fraction of sp³-hybridized carbons (Fsp3) is 0. The van der Waals surface area contributed by atoms with Crippen molar-refractivity contribution in [1.82, 2.24) is 0 Å². The molecule has 0 N–H and O–H groups in total. The molecular weight excluding hydrogens is 2610 g/mol. The van der Waals surface area contributed by atoms with E-state index in [4.69, 9.17) is 58.7 Å². The molecule has 0 fully saturated rings. The molecule has 0 amide bonds. The van der Waals surface area contributed by atoms with E-state index in [0.717, 1.165) is 58.7 Å². The molecule has 0 saturated carbocycles. The van der Waals surface area contributed by atoms with E-state index >= 15 is 0 Å². The van der Waals surface area contributed by atoms with E-state index in [1.165, 1.54) is 146 Å². The van der Waals surface area contributed by atoms with Crippen LogP contribution in [0.25, 0.3) is 0 Å². The minimum absolute atomic E-state index is 0.202. The Balaban J connectivity index is -0.000000304. The van der Waals surface area contributed by atoms with Gasteiger partial charge in [-0.05, 0) is 443 Å². The monoisotopic (exact) mass is 2680 g/mol. The minimum atomic E-state index is -6.35. The fourth-order valence-corrected chi connectivity index (χ4v) is 7.40. The molecule has 12 aromatic rings. The van der Waals surface area contributed by atoms with Gasteiger partial charge in [-0.25, -0.2) is 52.7 Å². The van der Waals surface area contributed by atoms with E-state index < -0.39 is 121 Å². The molecule has 0 aliphatic rings. The summed E-state index contributed by atoms with van der Waals surface area (Å²) in [5.74, 6) is -2.42. The average molecular weight is 2680 g/mol. The molecule has 54 heteroatoms. The standard InChI is InChI=1S/12C6H5FS.6FH.18O.6Sb/c12*7-5-1-3-6(8)4-2-5;;;;;;;;;;;;;;;;;;;;;;;;;;;;;;/h12*1-4,8H;6*1H;;;;;;;;;;;;;;;;;;;;;;;;/q;;;;;;;;;;;;;;;;;;;;;;;;12*-1;6*+1/p+6. The first-order chi connectivity index (χ1) is 57.5. The van der Waals surface area contributed by atoms with Gasteiger partial charge in [0.1, 0.15) is 69.8 Å². The van der Waals surface area contributed by atoms with Crippen LogP contribution >= 0.6 is 0 Å². The summed E-state index contributed by atoms with van der Waals surface area (Å²) in [6.07, 6.45) is 0. The van der Waals surface area contributed by atoms with Gasteiger partial charge in [-0.3, -0.25) is 0 Å². The molecule has 0 spiro atoms. The molecule has 0 unspecified atom stereocenters. The van der Waals surface area contributed by atoms with E-state index in [0.29, 0.717) is 0 Å². The van der Waals surface area contributed by atoms with Crippen LogP contribution in [0.2, 0.25) is 0 Å². The summed E-state index contributed by atoms with van der Waals surface area (Å²) in [6, 6.07) is 73.5. The molecule has 0 aromatic heterocycles. The number of hydrogen-bond donors (Lipinski definition) is 0. The second kappa shape index (κ2) is 76.1. The third-order valence-corrected chi connectivity index (χ3v) is 14.1. The van der Waals surface area contributed by atoms with Gasteiger partial charge < -0.3 is 0 Å². The number of benzene rings is 12. The summed E-state index contributed by atoms with van der Waals surface area (Å²) in [4.78, 5) is 10.7. The molecule has 0 saturated heterocycles. The first kappa shape index (κ1) is 134. The van der Waals surface area contributed by atoms with Gasteiger partial charge in [0.25, 0.3) is 0 Å². The van der Waals surface area contributed by atoms with Crippen LogP contribution in [0.15, 0.2) is 350 Å². The van der Waals surface area contributed by atoms with Gasteiger partial charge in [-0.15, -0.1) is 0 Å². The maximum atomic E-state index is 12.1. The van der Waals surface area contributed by atoms with Crippen molar-refractivity contribution >= 4 is 273 Å². The van der Waals surface area contributed by atoms with Gasteiger partial charge in [-0.1, -0.05) is 0 Å². The molecule has 696 valence electrons. The second-order valence-electron chi connectivity index (χ2n) is 20.7. The second-order valence-corrected chi connectivity index (χ2v) is 42.3. The van der Waals surface area contributed by atoms with E-state index in [2.05, 4.69) is 152 Å². The van der Waals surface area contributed by atoms with Crippen molar-refractivity contribution in [2.75, 3.05) is 0 Å². The quantitative estimate of drug-likeness (QED) is 0.106. The molecule has 0 aliphatic heterocycles. The Labute approximate surface area is 810 Å². The summed E-state index contributed by atoms with van der Waals surface area (Å²) in [5.41, 5.74) is 0. The Morgan fingerprint density at radius 2 is 0.159 bits per heavy atom. The zero-order valence-electron chi connectivity index (χ0n) is 62.5. The van der Waals surface area contributed by atoms with Crippen LogP contribution in [0.3, 0.4) is 0 Å². The van der Waals surface area contributed by atoms with Crippen LogP contribution < -0.4 is 40.6 Å². The van der Waals surface area contributed by atoms with Crippen LogP contribution in [-0.2, 0) is 170 Å².